The summed E-state index contributed by atoms with van der Waals surface area (Å²) in [5, 5.41) is 2.12. The van der Waals surface area contributed by atoms with Gasteiger partial charge in [-0.25, -0.2) is 4.79 Å². The number of carbonyl (C=O) groups excluding carboxylic acids is 2. The van der Waals surface area contributed by atoms with Crippen molar-refractivity contribution in [2.24, 2.45) is 0 Å². The number of hydrogen-bond acceptors (Lipinski definition) is 3. The van der Waals surface area contributed by atoms with E-state index in [1.54, 1.807) is 26.8 Å². The molecule has 4 nitrogen and oxygen atoms in total. The number of allylic oxidation sites excluding steroid dienone is 1. The second kappa shape index (κ2) is 5.42. The lowest BCUT2D eigenvalue weighted by Gasteiger charge is -2.19. The van der Waals surface area contributed by atoms with Gasteiger partial charge >= 0.3 is 6.09 Å². The van der Waals surface area contributed by atoms with Gasteiger partial charge in [-0.1, -0.05) is 6.08 Å². The van der Waals surface area contributed by atoms with E-state index in [4.69, 9.17) is 4.74 Å². The summed E-state index contributed by atoms with van der Waals surface area (Å²) in [7, 11) is 0. The van der Waals surface area contributed by atoms with Crippen LogP contribution in [0.5, 0.6) is 0 Å². The first kappa shape index (κ1) is 12.7. The van der Waals surface area contributed by atoms with Gasteiger partial charge in [0.05, 0.1) is 0 Å². The molecule has 0 saturated carbocycles. The predicted octanol–water partition coefficient (Wildman–Crippen LogP) is 2.00. The highest BCUT2D eigenvalue weighted by molar-refractivity contribution is 5.91. The van der Waals surface area contributed by atoms with Crippen molar-refractivity contribution in [2.45, 2.75) is 39.2 Å². The molecule has 0 aromatic rings. The molecule has 0 aromatic carbocycles. The molecule has 0 heterocycles. The standard InChI is InChI=1S/C10H17NO3/c1-5-6-7-8(12)11-9(13)14-10(2,3)4/h5H,1,6-7H2,2-4H3,(H,11,12,13). The Kier molecular flexibility index (Phi) is 4.91. The summed E-state index contributed by atoms with van der Waals surface area (Å²) in [5.41, 5.74) is -0.581. The average molecular weight is 199 g/mol. The van der Waals surface area contributed by atoms with Crippen LogP contribution in [0.25, 0.3) is 0 Å². The van der Waals surface area contributed by atoms with E-state index < -0.39 is 11.7 Å². The molecule has 0 unspecified atom stereocenters. The van der Waals surface area contributed by atoms with E-state index in [9.17, 15) is 9.59 Å². The Morgan fingerprint density at radius 3 is 2.43 bits per heavy atom. The van der Waals surface area contributed by atoms with Crippen molar-refractivity contribution in [1.82, 2.24) is 5.32 Å². The normalized spacial score (nSPS) is 10.5. The van der Waals surface area contributed by atoms with E-state index in [-0.39, 0.29) is 12.3 Å². The molecule has 0 aromatic heterocycles. The highest BCUT2D eigenvalue weighted by atomic mass is 16.6. The number of ether oxygens (including phenoxy) is 1. The minimum Gasteiger partial charge on any atom is -0.444 e. The second-order valence-electron chi connectivity index (χ2n) is 3.88. The van der Waals surface area contributed by atoms with E-state index >= 15 is 0 Å². The van der Waals surface area contributed by atoms with Gasteiger partial charge in [0.2, 0.25) is 5.91 Å². The monoisotopic (exact) mass is 199 g/mol. The fourth-order valence-electron chi connectivity index (χ4n) is 0.713. The Balaban J connectivity index is 3.83. The van der Waals surface area contributed by atoms with Crippen molar-refractivity contribution in [1.29, 1.82) is 0 Å². The number of amides is 2. The van der Waals surface area contributed by atoms with Crippen LogP contribution in [0.4, 0.5) is 4.79 Å². The van der Waals surface area contributed by atoms with Crippen molar-refractivity contribution in [3.05, 3.63) is 12.7 Å². The van der Waals surface area contributed by atoms with Gasteiger partial charge in [-0.3, -0.25) is 10.1 Å². The average Bonchev–Trinajstić information content (AvgIpc) is 1.96. The summed E-state index contributed by atoms with van der Waals surface area (Å²) >= 11 is 0. The zero-order valence-corrected chi connectivity index (χ0v) is 8.92. The van der Waals surface area contributed by atoms with E-state index in [0.29, 0.717) is 6.42 Å². The molecule has 0 spiro atoms. The van der Waals surface area contributed by atoms with Crippen LogP contribution in [0.1, 0.15) is 33.6 Å². The lowest BCUT2D eigenvalue weighted by molar-refractivity contribution is -0.120. The molecule has 0 fully saturated rings. The molecule has 0 radical (unpaired) electrons. The van der Waals surface area contributed by atoms with Crippen molar-refractivity contribution >= 4 is 12.0 Å². The van der Waals surface area contributed by atoms with Crippen LogP contribution in [0.2, 0.25) is 0 Å². The van der Waals surface area contributed by atoms with E-state index in [1.807, 2.05) is 0 Å². The van der Waals surface area contributed by atoms with Crippen LogP contribution in [-0.4, -0.2) is 17.6 Å². The minimum absolute atomic E-state index is 0.253. The highest BCUT2D eigenvalue weighted by Crippen LogP contribution is 2.06. The smallest absolute Gasteiger partial charge is 0.414 e. The zero-order chi connectivity index (χ0) is 11.2. The molecule has 0 aliphatic rings. The van der Waals surface area contributed by atoms with E-state index in [1.165, 1.54) is 0 Å². The third-order valence-electron chi connectivity index (χ3n) is 1.22. The van der Waals surface area contributed by atoms with Gasteiger partial charge in [-0.05, 0) is 27.2 Å². The van der Waals surface area contributed by atoms with Gasteiger partial charge in [0.1, 0.15) is 5.60 Å². The summed E-state index contributed by atoms with van der Waals surface area (Å²) in [6.07, 6.45) is 1.72. The maximum atomic E-state index is 11.1. The second-order valence-corrected chi connectivity index (χ2v) is 3.88. The highest BCUT2D eigenvalue weighted by Gasteiger charge is 2.17. The predicted molar refractivity (Wildman–Crippen MR) is 53.8 cm³/mol. The Labute approximate surface area is 84.3 Å². The Hall–Kier alpha value is -1.32. The molecule has 0 saturated heterocycles. The molecule has 0 rings (SSSR count). The van der Waals surface area contributed by atoms with Crippen molar-refractivity contribution in [3.63, 3.8) is 0 Å². The molecule has 0 aliphatic heterocycles. The molecule has 1 N–H and O–H groups in total. The first-order chi connectivity index (χ1) is 6.35. The minimum atomic E-state index is -0.702. The zero-order valence-electron chi connectivity index (χ0n) is 8.92. The molecule has 0 bridgehead atoms. The van der Waals surface area contributed by atoms with Crippen LogP contribution < -0.4 is 5.32 Å². The van der Waals surface area contributed by atoms with Crippen molar-refractivity contribution in [2.75, 3.05) is 0 Å². The quantitative estimate of drug-likeness (QED) is 0.707. The molecule has 0 aliphatic carbocycles. The third kappa shape index (κ3) is 7.34. The van der Waals surface area contributed by atoms with Gasteiger partial charge in [0, 0.05) is 6.42 Å². The van der Waals surface area contributed by atoms with Crippen LogP contribution in [0.3, 0.4) is 0 Å². The number of imide groups is 1. The number of carbonyl (C=O) groups is 2. The number of nitrogens with one attached hydrogen (secondary N) is 1. The van der Waals surface area contributed by atoms with Crippen molar-refractivity contribution < 1.29 is 14.3 Å². The maximum Gasteiger partial charge on any atom is 0.414 e. The fraction of sp³-hybridized carbons (Fsp3) is 0.600. The lowest BCUT2D eigenvalue weighted by Crippen LogP contribution is -2.36. The summed E-state index contributed by atoms with van der Waals surface area (Å²) in [6.45, 7) is 8.69. The molecular weight excluding hydrogens is 182 g/mol. The summed E-state index contributed by atoms with van der Waals surface area (Å²) < 4.78 is 4.89. The summed E-state index contributed by atoms with van der Waals surface area (Å²) in [5.74, 6) is -0.348. The topological polar surface area (TPSA) is 55.4 Å². The third-order valence-corrected chi connectivity index (χ3v) is 1.22. The van der Waals surface area contributed by atoms with Gasteiger partial charge in [0.25, 0.3) is 0 Å². The fourth-order valence-corrected chi connectivity index (χ4v) is 0.713. The molecular formula is C10H17NO3. The maximum absolute atomic E-state index is 11.1. The lowest BCUT2D eigenvalue weighted by atomic mass is 10.2. The van der Waals surface area contributed by atoms with Crippen LogP contribution >= 0.6 is 0 Å². The van der Waals surface area contributed by atoms with Crippen LogP contribution in [0.15, 0.2) is 12.7 Å². The van der Waals surface area contributed by atoms with Crippen LogP contribution in [-0.2, 0) is 9.53 Å². The van der Waals surface area contributed by atoms with E-state index in [0.717, 1.165) is 0 Å². The summed E-state index contributed by atoms with van der Waals surface area (Å²) in [6, 6.07) is 0. The molecule has 4 heteroatoms. The van der Waals surface area contributed by atoms with Gasteiger partial charge in [-0.15, -0.1) is 6.58 Å². The largest absolute Gasteiger partial charge is 0.444 e. The molecule has 80 valence electrons. The molecule has 2 amide bonds. The summed E-state index contributed by atoms with van der Waals surface area (Å²) in [4.78, 5) is 22.1. The number of hydrogen-bond donors (Lipinski definition) is 1. The molecule has 0 atom stereocenters. The molecule has 14 heavy (non-hydrogen) atoms. The van der Waals surface area contributed by atoms with Crippen molar-refractivity contribution in [3.8, 4) is 0 Å². The first-order valence-corrected chi connectivity index (χ1v) is 4.49. The van der Waals surface area contributed by atoms with Gasteiger partial charge in [-0.2, -0.15) is 0 Å². The van der Waals surface area contributed by atoms with Crippen LogP contribution in [0, 0.1) is 0 Å². The van der Waals surface area contributed by atoms with Gasteiger partial charge < -0.3 is 4.74 Å². The Morgan fingerprint density at radius 1 is 1.43 bits per heavy atom. The van der Waals surface area contributed by atoms with E-state index in [2.05, 4.69) is 11.9 Å². The Morgan fingerprint density at radius 2 is 2.00 bits per heavy atom. The SMILES string of the molecule is C=CCCC(=O)NC(=O)OC(C)(C)C. The number of alkyl carbamates (subject to hydrolysis) is 1. The Bertz CT molecular complexity index is 228. The first-order valence-electron chi connectivity index (χ1n) is 4.49. The number of rotatable bonds is 3. The van der Waals surface area contributed by atoms with Gasteiger partial charge in [0.15, 0.2) is 0 Å².